The molecule has 1 aliphatic rings. The number of methoxy groups -OCH3 is 1. The van der Waals surface area contributed by atoms with Crippen LogP contribution in [0, 0.1) is 0 Å². The number of nitrogens with zero attached hydrogens (tertiary/aromatic N) is 1. The van der Waals surface area contributed by atoms with Crippen LogP contribution in [0.1, 0.15) is 38.5 Å². The number of ether oxygens (including phenoxy) is 1. The molecule has 4 nitrogen and oxygen atoms in total. The van der Waals surface area contributed by atoms with Crippen LogP contribution in [0.15, 0.2) is 0 Å². The lowest BCUT2D eigenvalue weighted by molar-refractivity contribution is -0.134. The van der Waals surface area contributed by atoms with Gasteiger partial charge in [0, 0.05) is 46.1 Å². The van der Waals surface area contributed by atoms with Crippen molar-refractivity contribution in [1.82, 2.24) is 4.90 Å². The summed E-state index contributed by atoms with van der Waals surface area (Å²) >= 11 is 0. The van der Waals surface area contributed by atoms with Crippen LogP contribution in [-0.4, -0.2) is 43.4 Å². The standard InChI is InChI=1S/C12H21NO3/c1-13(12(15)4-3-9-16-2)10-5-7-11(14)8-6-10/h10H,3-9H2,1-2H3. The molecule has 0 radical (unpaired) electrons. The fourth-order valence-electron chi connectivity index (χ4n) is 2.06. The van der Waals surface area contributed by atoms with Crippen molar-refractivity contribution in [3.8, 4) is 0 Å². The molecule has 0 unspecified atom stereocenters. The first kappa shape index (κ1) is 13.2. The second kappa shape index (κ2) is 6.63. The van der Waals surface area contributed by atoms with Gasteiger partial charge in [0.25, 0.3) is 0 Å². The highest BCUT2D eigenvalue weighted by Crippen LogP contribution is 2.20. The molecule has 0 saturated heterocycles. The first-order valence-electron chi connectivity index (χ1n) is 5.91. The Labute approximate surface area is 96.9 Å². The molecular formula is C12H21NO3. The summed E-state index contributed by atoms with van der Waals surface area (Å²) in [6.45, 7) is 0.628. The van der Waals surface area contributed by atoms with Crippen LogP contribution in [0.2, 0.25) is 0 Å². The third-order valence-corrected chi connectivity index (χ3v) is 3.19. The van der Waals surface area contributed by atoms with E-state index < -0.39 is 0 Å². The lowest BCUT2D eigenvalue weighted by Crippen LogP contribution is -2.39. The van der Waals surface area contributed by atoms with Gasteiger partial charge in [0.1, 0.15) is 5.78 Å². The maximum atomic E-state index is 11.8. The zero-order valence-electron chi connectivity index (χ0n) is 10.2. The monoisotopic (exact) mass is 227 g/mol. The average Bonchev–Trinajstić information content (AvgIpc) is 2.29. The predicted octanol–water partition coefficient (Wildman–Crippen LogP) is 1.38. The Hall–Kier alpha value is -0.900. The Kier molecular flexibility index (Phi) is 5.46. The normalized spacial score (nSPS) is 17.5. The smallest absolute Gasteiger partial charge is 0.222 e. The van der Waals surface area contributed by atoms with Gasteiger partial charge < -0.3 is 9.64 Å². The third-order valence-electron chi connectivity index (χ3n) is 3.19. The van der Waals surface area contributed by atoms with Crippen LogP contribution >= 0.6 is 0 Å². The van der Waals surface area contributed by atoms with Crippen LogP contribution in [0.25, 0.3) is 0 Å². The minimum atomic E-state index is 0.163. The third kappa shape index (κ3) is 3.93. The van der Waals surface area contributed by atoms with E-state index in [1.165, 1.54) is 0 Å². The second-order valence-corrected chi connectivity index (χ2v) is 4.37. The van der Waals surface area contributed by atoms with E-state index in [-0.39, 0.29) is 11.9 Å². The summed E-state index contributed by atoms with van der Waals surface area (Å²) in [5, 5.41) is 0. The molecule has 1 fully saturated rings. The molecule has 0 heterocycles. The molecule has 1 aliphatic carbocycles. The highest BCUT2D eigenvalue weighted by Gasteiger charge is 2.24. The summed E-state index contributed by atoms with van der Waals surface area (Å²) in [7, 11) is 3.48. The molecule has 0 spiro atoms. The van der Waals surface area contributed by atoms with Gasteiger partial charge in [-0.2, -0.15) is 0 Å². The average molecular weight is 227 g/mol. The molecule has 0 bridgehead atoms. The summed E-state index contributed by atoms with van der Waals surface area (Å²) < 4.78 is 4.92. The molecule has 1 amide bonds. The number of amides is 1. The van der Waals surface area contributed by atoms with E-state index in [1.807, 2.05) is 11.9 Å². The van der Waals surface area contributed by atoms with Gasteiger partial charge in [0.2, 0.25) is 5.91 Å². The Bertz CT molecular complexity index is 243. The molecule has 0 aromatic rings. The Morgan fingerprint density at radius 3 is 2.62 bits per heavy atom. The van der Waals surface area contributed by atoms with Crippen LogP contribution in [0.3, 0.4) is 0 Å². The lowest BCUT2D eigenvalue weighted by Gasteiger charge is -2.30. The molecule has 92 valence electrons. The fraction of sp³-hybridized carbons (Fsp3) is 0.833. The van der Waals surface area contributed by atoms with Gasteiger partial charge in [-0.15, -0.1) is 0 Å². The molecule has 0 aromatic carbocycles. The van der Waals surface area contributed by atoms with Crippen LogP contribution in [-0.2, 0) is 14.3 Å². The molecule has 1 rings (SSSR count). The van der Waals surface area contributed by atoms with Gasteiger partial charge in [-0.25, -0.2) is 0 Å². The van der Waals surface area contributed by atoms with Gasteiger partial charge >= 0.3 is 0 Å². The highest BCUT2D eigenvalue weighted by atomic mass is 16.5. The summed E-state index contributed by atoms with van der Waals surface area (Å²) in [4.78, 5) is 24.7. The number of Topliss-reactive ketones (excluding diaryl/α,β-unsaturated/α-hetero) is 1. The molecular weight excluding hydrogens is 206 g/mol. The van der Waals surface area contributed by atoms with E-state index in [1.54, 1.807) is 7.11 Å². The number of hydrogen-bond donors (Lipinski definition) is 0. The molecule has 4 heteroatoms. The molecule has 0 N–H and O–H groups in total. The van der Waals surface area contributed by atoms with Gasteiger partial charge in [-0.1, -0.05) is 0 Å². The quantitative estimate of drug-likeness (QED) is 0.667. The SMILES string of the molecule is COCCCC(=O)N(C)C1CCC(=O)CC1. The topological polar surface area (TPSA) is 46.6 Å². The highest BCUT2D eigenvalue weighted by molar-refractivity contribution is 5.80. The number of rotatable bonds is 5. The van der Waals surface area contributed by atoms with Crippen molar-refractivity contribution in [3.63, 3.8) is 0 Å². The van der Waals surface area contributed by atoms with Crippen molar-refractivity contribution in [1.29, 1.82) is 0 Å². The minimum Gasteiger partial charge on any atom is -0.385 e. The maximum Gasteiger partial charge on any atom is 0.222 e. The zero-order chi connectivity index (χ0) is 12.0. The number of hydrogen-bond acceptors (Lipinski definition) is 3. The first-order chi connectivity index (χ1) is 7.65. The van der Waals surface area contributed by atoms with Gasteiger partial charge in [0.15, 0.2) is 0 Å². The van der Waals surface area contributed by atoms with Crippen LogP contribution in [0.5, 0.6) is 0 Å². The molecule has 1 saturated carbocycles. The predicted molar refractivity (Wildman–Crippen MR) is 61.1 cm³/mol. The van der Waals surface area contributed by atoms with Gasteiger partial charge in [0.05, 0.1) is 0 Å². The van der Waals surface area contributed by atoms with Gasteiger partial charge in [-0.05, 0) is 19.3 Å². The molecule has 0 aromatic heterocycles. The van der Waals surface area contributed by atoms with Crippen molar-refractivity contribution in [2.45, 2.75) is 44.6 Å². The summed E-state index contributed by atoms with van der Waals surface area (Å²) in [6, 6.07) is 0.257. The Balaban J connectivity index is 2.29. The van der Waals surface area contributed by atoms with E-state index in [4.69, 9.17) is 4.74 Å². The van der Waals surface area contributed by atoms with Crippen molar-refractivity contribution < 1.29 is 14.3 Å². The number of carbonyl (C=O) groups is 2. The van der Waals surface area contributed by atoms with Crippen molar-refractivity contribution in [2.24, 2.45) is 0 Å². The molecule has 16 heavy (non-hydrogen) atoms. The van der Waals surface area contributed by atoms with Crippen molar-refractivity contribution >= 4 is 11.7 Å². The summed E-state index contributed by atoms with van der Waals surface area (Å²) in [5.74, 6) is 0.493. The maximum absolute atomic E-state index is 11.8. The van der Waals surface area contributed by atoms with Gasteiger partial charge in [-0.3, -0.25) is 9.59 Å². The van der Waals surface area contributed by atoms with E-state index in [0.29, 0.717) is 31.7 Å². The number of ketones is 1. The summed E-state index contributed by atoms with van der Waals surface area (Å²) in [5.41, 5.74) is 0. The minimum absolute atomic E-state index is 0.163. The van der Waals surface area contributed by atoms with Crippen LogP contribution < -0.4 is 0 Å². The lowest BCUT2D eigenvalue weighted by atomic mass is 9.93. The Morgan fingerprint density at radius 1 is 1.44 bits per heavy atom. The van der Waals surface area contributed by atoms with Crippen LogP contribution in [0.4, 0.5) is 0 Å². The fourth-order valence-corrected chi connectivity index (χ4v) is 2.06. The molecule has 0 atom stereocenters. The second-order valence-electron chi connectivity index (χ2n) is 4.37. The summed E-state index contributed by atoms with van der Waals surface area (Å²) in [6.07, 6.45) is 4.21. The zero-order valence-corrected chi connectivity index (χ0v) is 10.2. The molecule has 0 aliphatic heterocycles. The van der Waals surface area contributed by atoms with E-state index in [0.717, 1.165) is 19.3 Å². The van der Waals surface area contributed by atoms with E-state index in [2.05, 4.69) is 0 Å². The van der Waals surface area contributed by atoms with Crippen molar-refractivity contribution in [3.05, 3.63) is 0 Å². The van der Waals surface area contributed by atoms with E-state index >= 15 is 0 Å². The number of carbonyl (C=O) groups excluding carboxylic acids is 2. The van der Waals surface area contributed by atoms with Crippen molar-refractivity contribution in [2.75, 3.05) is 20.8 Å². The van der Waals surface area contributed by atoms with E-state index in [9.17, 15) is 9.59 Å². The largest absolute Gasteiger partial charge is 0.385 e. The first-order valence-corrected chi connectivity index (χ1v) is 5.91. The Morgan fingerprint density at radius 2 is 2.06 bits per heavy atom.